The van der Waals surface area contributed by atoms with Crippen LogP contribution in [0.4, 0.5) is 0 Å². The molecule has 0 aliphatic carbocycles. The smallest absolute Gasteiger partial charge is 0.331 e. The second-order valence-electron chi connectivity index (χ2n) is 8.16. The monoisotopic (exact) mass is 481 g/mol. The van der Waals surface area contributed by atoms with Crippen LogP contribution in [0, 0.1) is 0 Å². The quantitative estimate of drug-likeness (QED) is 0.415. The molecule has 10 heteroatoms. The minimum Gasteiger partial charge on any atom is -0.349 e. The standard InChI is InChI=1S/C24H27N5O4S/c1-4-14-29-23(30)22-21(28(3)24(29)31)16-20(26-22)17-8-10-19(11-9-17)34(32,33)27(2)15-12-18-7-5-6-13-25-18/h5-11,13,16,26H,4,12,14-15H2,1-3H3. The third kappa shape index (κ3) is 4.34. The Hall–Kier alpha value is -3.50. The van der Waals surface area contributed by atoms with E-state index in [1.54, 1.807) is 50.6 Å². The van der Waals surface area contributed by atoms with Crippen molar-refractivity contribution in [2.24, 2.45) is 7.05 Å². The highest BCUT2D eigenvalue weighted by molar-refractivity contribution is 7.89. The molecule has 1 aromatic carbocycles. The van der Waals surface area contributed by atoms with E-state index in [2.05, 4.69) is 9.97 Å². The largest absolute Gasteiger partial charge is 0.349 e. The van der Waals surface area contributed by atoms with Crippen LogP contribution in [0.1, 0.15) is 19.0 Å². The average molecular weight is 482 g/mol. The van der Waals surface area contributed by atoms with Crippen LogP contribution in [0.25, 0.3) is 22.3 Å². The molecule has 0 aliphatic heterocycles. The minimum absolute atomic E-state index is 0.175. The molecule has 3 heterocycles. The number of nitrogens with one attached hydrogen (secondary N) is 1. The predicted molar refractivity (Wildman–Crippen MR) is 131 cm³/mol. The van der Waals surface area contributed by atoms with Gasteiger partial charge in [0.05, 0.1) is 10.4 Å². The molecule has 0 spiro atoms. The van der Waals surface area contributed by atoms with Gasteiger partial charge in [-0.15, -0.1) is 0 Å². The first kappa shape index (κ1) is 23.7. The van der Waals surface area contributed by atoms with E-state index in [4.69, 9.17) is 0 Å². The van der Waals surface area contributed by atoms with Crippen LogP contribution in [0.2, 0.25) is 0 Å². The van der Waals surface area contributed by atoms with E-state index in [9.17, 15) is 18.0 Å². The van der Waals surface area contributed by atoms with Gasteiger partial charge in [-0.1, -0.05) is 25.1 Å². The van der Waals surface area contributed by atoms with Gasteiger partial charge >= 0.3 is 5.69 Å². The van der Waals surface area contributed by atoms with E-state index in [1.807, 2.05) is 25.1 Å². The van der Waals surface area contributed by atoms with Crippen molar-refractivity contribution in [3.63, 3.8) is 0 Å². The number of benzene rings is 1. The Morgan fingerprint density at radius 2 is 1.82 bits per heavy atom. The van der Waals surface area contributed by atoms with Crippen LogP contribution in [-0.2, 0) is 30.0 Å². The lowest BCUT2D eigenvalue weighted by Gasteiger charge is -2.17. The van der Waals surface area contributed by atoms with E-state index in [0.29, 0.717) is 48.2 Å². The minimum atomic E-state index is -3.67. The SMILES string of the molecule is CCCn1c(=O)c2[nH]c(-c3ccc(S(=O)(=O)N(C)CCc4ccccn4)cc3)cc2n(C)c1=O. The molecule has 0 bridgehead atoms. The first-order valence-electron chi connectivity index (χ1n) is 11.0. The Morgan fingerprint density at radius 3 is 2.47 bits per heavy atom. The summed E-state index contributed by atoms with van der Waals surface area (Å²) in [5, 5.41) is 0. The van der Waals surface area contributed by atoms with Crippen molar-refractivity contribution in [3.8, 4) is 11.3 Å². The van der Waals surface area contributed by atoms with Crippen LogP contribution in [-0.4, -0.2) is 45.4 Å². The van der Waals surface area contributed by atoms with Gasteiger partial charge in [0.15, 0.2) is 0 Å². The lowest BCUT2D eigenvalue weighted by molar-refractivity contribution is 0.471. The van der Waals surface area contributed by atoms with Crippen LogP contribution in [0.3, 0.4) is 0 Å². The van der Waals surface area contributed by atoms with E-state index >= 15 is 0 Å². The molecule has 4 aromatic rings. The molecule has 4 rings (SSSR count). The normalized spacial score (nSPS) is 12.0. The summed E-state index contributed by atoms with van der Waals surface area (Å²) < 4.78 is 29.9. The van der Waals surface area contributed by atoms with Gasteiger partial charge in [0.25, 0.3) is 5.56 Å². The second-order valence-corrected chi connectivity index (χ2v) is 10.2. The molecule has 34 heavy (non-hydrogen) atoms. The molecule has 0 saturated heterocycles. The summed E-state index contributed by atoms with van der Waals surface area (Å²) in [6, 6.07) is 13.7. The van der Waals surface area contributed by atoms with Crippen LogP contribution < -0.4 is 11.2 Å². The summed E-state index contributed by atoms with van der Waals surface area (Å²) >= 11 is 0. The summed E-state index contributed by atoms with van der Waals surface area (Å²) in [6.45, 7) is 2.55. The number of nitrogens with zero attached hydrogens (tertiary/aromatic N) is 4. The zero-order valence-corrected chi connectivity index (χ0v) is 20.2. The van der Waals surface area contributed by atoms with Crippen molar-refractivity contribution >= 4 is 21.1 Å². The zero-order valence-electron chi connectivity index (χ0n) is 19.4. The lowest BCUT2D eigenvalue weighted by atomic mass is 10.1. The number of fused-ring (bicyclic) bond motifs is 1. The highest BCUT2D eigenvalue weighted by atomic mass is 32.2. The molecule has 9 nitrogen and oxygen atoms in total. The fourth-order valence-corrected chi connectivity index (χ4v) is 5.05. The van der Waals surface area contributed by atoms with Gasteiger partial charge in [0, 0.05) is 51.2 Å². The first-order chi connectivity index (χ1) is 16.2. The van der Waals surface area contributed by atoms with E-state index in [-0.39, 0.29) is 16.1 Å². The van der Waals surface area contributed by atoms with Crippen molar-refractivity contribution in [1.29, 1.82) is 0 Å². The van der Waals surface area contributed by atoms with Crippen LogP contribution in [0.15, 0.2) is 69.2 Å². The van der Waals surface area contributed by atoms with Gasteiger partial charge in [0.1, 0.15) is 5.52 Å². The van der Waals surface area contributed by atoms with E-state index in [0.717, 1.165) is 5.69 Å². The molecule has 0 aliphatic rings. The summed E-state index contributed by atoms with van der Waals surface area (Å²) in [5.74, 6) is 0. The molecule has 0 saturated carbocycles. The Balaban J connectivity index is 1.61. The fraction of sp³-hybridized carbons (Fsp3) is 0.292. The number of hydrogen-bond donors (Lipinski definition) is 1. The molecule has 3 aromatic heterocycles. The maximum absolute atomic E-state index is 13.0. The van der Waals surface area contributed by atoms with Crippen molar-refractivity contribution in [3.05, 3.63) is 81.3 Å². The van der Waals surface area contributed by atoms with Crippen LogP contribution in [0.5, 0.6) is 0 Å². The molecule has 0 atom stereocenters. The summed E-state index contributed by atoms with van der Waals surface area (Å²) in [5.41, 5.74) is 2.29. The number of hydrogen-bond acceptors (Lipinski definition) is 5. The third-order valence-electron chi connectivity index (χ3n) is 5.86. The predicted octanol–water partition coefficient (Wildman–Crippen LogP) is 2.36. The number of aromatic amines is 1. The highest BCUT2D eigenvalue weighted by Gasteiger charge is 2.21. The van der Waals surface area contributed by atoms with Gasteiger partial charge in [-0.2, -0.15) is 0 Å². The average Bonchev–Trinajstić information content (AvgIpc) is 3.30. The number of sulfonamides is 1. The maximum Gasteiger partial charge on any atom is 0.331 e. The Bertz CT molecular complexity index is 1530. The maximum atomic E-state index is 13.0. The summed E-state index contributed by atoms with van der Waals surface area (Å²) in [7, 11) is -0.490. The molecule has 0 fully saturated rings. The zero-order chi connectivity index (χ0) is 24.5. The molecule has 0 unspecified atom stereocenters. The number of aryl methyl sites for hydroxylation is 1. The van der Waals surface area contributed by atoms with Crippen molar-refractivity contribution < 1.29 is 8.42 Å². The van der Waals surface area contributed by atoms with Gasteiger partial charge in [0.2, 0.25) is 10.0 Å². The van der Waals surface area contributed by atoms with Crippen molar-refractivity contribution in [2.45, 2.75) is 31.2 Å². The van der Waals surface area contributed by atoms with Gasteiger partial charge in [-0.05, 0) is 42.3 Å². The number of pyridine rings is 1. The first-order valence-corrected chi connectivity index (χ1v) is 12.5. The molecule has 0 radical (unpaired) electrons. The van der Waals surface area contributed by atoms with Crippen LogP contribution >= 0.6 is 0 Å². The molecular formula is C24H27N5O4S. The van der Waals surface area contributed by atoms with E-state index < -0.39 is 10.0 Å². The number of rotatable bonds is 8. The Labute approximate surface area is 197 Å². The number of likely N-dealkylation sites (N-methyl/N-ethyl adjacent to an activating group) is 1. The van der Waals surface area contributed by atoms with Crippen molar-refractivity contribution in [2.75, 3.05) is 13.6 Å². The fourth-order valence-electron chi connectivity index (χ4n) is 3.88. The number of aromatic nitrogens is 4. The summed E-state index contributed by atoms with van der Waals surface area (Å²) in [6.07, 6.45) is 2.86. The molecule has 178 valence electrons. The topological polar surface area (TPSA) is 110 Å². The molecule has 1 N–H and O–H groups in total. The highest BCUT2D eigenvalue weighted by Crippen LogP contribution is 2.24. The molecule has 0 amide bonds. The lowest BCUT2D eigenvalue weighted by Crippen LogP contribution is -2.38. The summed E-state index contributed by atoms with van der Waals surface area (Å²) in [4.78, 5) is 32.8. The second kappa shape index (κ2) is 9.40. The van der Waals surface area contributed by atoms with E-state index in [1.165, 1.54) is 13.4 Å². The van der Waals surface area contributed by atoms with Gasteiger partial charge in [-0.25, -0.2) is 17.5 Å². The van der Waals surface area contributed by atoms with Gasteiger partial charge in [-0.3, -0.25) is 18.9 Å². The van der Waals surface area contributed by atoms with Crippen molar-refractivity contribution in [1.82, 2.24) is 23.4 Å². The van der Waals surface area contributed by atoms with Gasteiger partial charge < -0.3 is 4.98 Å². The number of H-pyrrole nitrogens is 1. The Kier molecular flexibility index (Phi) is 6.54. The molecular weight excluding hydrogens is 454 g/mol. The third-order valence-corrected chi connectivity index (χ3v) is 7.74. The Morgan fingerprint density at radius 1 is 1.09 bits per heavy atom.